The van der Waals surface area contributed by atoms with E-state index in [9.17, 15) is 43.2 Å². The van der Waals surface area contributed by atoms with Crippen LogP contribution in [0.3, 0.4) is 0 Å². The Morgan fingerprint density at radius 1 is 0.302 bits per heavy atom. The lowest BCUT2D eigenvalue weighted by Crippen LogP contribution is -2.30. The first kappa shape index (κ1) is 94.1. The van der Waals surface area contributed by atoms with Crippen molar-refractivity contribution in [3.63, 3.8) is 0 Å². The second-order valence-electron chi connectivity index (χ2n) is 28.5. The maximum Gasteiger partial charge on any atom is 0.472 e. The number of hydrogen-bond acceptors (Lipinski definition) is 15. The number of phosphoric acid groups is 2. The Balaban J connectivity index is 5.22. The van der Waals surface area contributed by atoms with Crippen molar-refractivity contribution in [3.8, 4) is 0 Å². The molecule has 0 aliphatic rings. The summed E-state index contributed by atoms with van der Waals surface area (Å²) in [6.07, 6.45) is 56.8. The second-order valence-corrected chi connectivity index (χ2v) is 31.4. The molecule has 0 aliphatic heterocycles. The highest BCUT2D eigenvalue weighted by Crippen LogP contribution is 2.45. The van der Waals surface area contributed by atoms with Crippen LogP contribution < -0.4 is 0 Å². The van der Waals surface area contributed by atoms with Gasteiger partial charge in [0.25, 0.3) is 0 Å². The van der Waals surface area contributed by atoms with Crippen LogP contribution in [0.1, 0.15) is 401 Å². The normalized spacial score (nSPS) is 14.3. The van der Waals surface area contributed by atoms with Gasteiger partial charge in [-0.15, -0.1) is 0 Å². The highest BCUT2D eigenvalue weighted by atomic mass is 31.2. The Hall–Kier alpha value is -1.94. The molecule has 0 aromatic carbocycles. The standard InChI is InChI=1S/C77H150O17P2/c1-7-10-12-14-16-18-19-20-21-24-27-30-36-42-48-54-60-75(80)88-66-73(94-76(81)61-55-49-43-37-31-28-25-22-23-26-29-34-39-45-51-57-69(4)5)68-92-96(85,86)90-64-71(78)63-89-95(83,84)91-67-72(65-87-74(79)59-53-47-41-17-15-13-11-8-2)93-77(82)62-56-50-44-38-33-32-35-40-46-52-58-70(6)9-3/h69-73,78H,7-68H2,1-6H3,(H,83,84)(H,85,86)/t70?,71-,72+,73+/m0/s1. The van der Waals surface area contributed by atoms with Crippen molar-refractivity contribution < 1.29 is 80.2 Å². The van der Waals surface area contributed by atoms with Crippen LogP contribution >= 0.6 is 15.6 Å². The monoisotopic (exact) mass is 1410 g/mol. The third kappa shape index (κ3) is 69.2. The van der Waals surface area contributed by atoms with Gasteiger partial charge in [-0.05, 0) is 37.5 Å². The van der Waals surface area contributed by atoms with Crippen LogP contribution in [-0.4, -0.2) is 96.7 Å². The van der Waals surface area contributed by atoms with Crippen molar-refractivity contribution in [2.24, 2.45) is 11.8 Å². The number of phosphoric ester groups is 2. The van der Waals surface area contributed by atoms with E-state index in [1.165, 1.54) is 212 Å². The van der Waals surface area contributed by atoms with Crippen LogP contribution in [0.15, 0.2) is 0 Å². The summed E-state index contributed by atoms with van der Waals surface area (Å²) in [5.74, 6) is -0.510. The van der Waals surface area contributed by atoms with Gasteiger partial charge in [0.15, 0.2) is 12.2 Å². The fraction of sp³-hybridized carbons (Fsp3) is 0.948. The average Bonchev–Trinajstić information content (AvgIpc) is 1.11. The average molecular weight is 1410 g/mol. The van der Waals surface area contributed by atoms with E-state index in [1.807, 2.05) is 0 Å². The summed E-state index contributed by atoms with van der Waals surface area (Å²) in [6, 6.07) is 0. The van der Waals surface area contributed by atoms with E-state index in [0.717, 1.165) is 108 Å². The predicted octanol–water partition coefficient (Wildman–Crippen LogP) is 22.7. The van der Waals surface area contributed by atoms with Crippen molar-refractivity contribution >= 4 is 39.5 Å². The van der Waals surface area contributed by atoms with Crippen molar-refractivity contribution in [2.45, 2.75) is 419 Å². The van der Waals surface area contributed by atoms with E-state index in [0.29, 0.717) is 25.7 Å². The number of rotatable bonds is 76. The molecule has 0 aromatic rings. The van der Waals surface area contributed by atoms with E-state index in [1.54, 1.807) is 0 Å². The highest BCUT2D eigenvalue weighted by molar-refractivity contribution is 7.47. The Morgan fingerprint density at radius 2 is 0.531 bits per heavy atom. The minimum atomic E-state index is -4.96. The van der Waals surface area contributed by atoms with Crippen LogP contribution in [0, 0.1) is 11.8 Å². The van der Waals surface area contributed by atoms with E-state index in [4.69, 9.17) is 37.0 Å². The Morgan fingerprint density at radius 3 is 0.792 bits per heavy atom. The van der Waals surface area contributed by atoms with Gasteiger partial charge < -0.3 is 33.8 Å². The zero-order valence-corrected chi connectivity index (χ0v) is 64.5. The van der Waals surface area contributed by atoms with Crippen LogP contribution in [0.2, 0.25) is 0 Å². The van der Waals surface area contributed by atoms with Gasteiger partial charge in [-0.1, -0.05) is 350 Å². The van der Waals surface area contributed by atoms with E-state index in [-0.39, 0.29) is 25.7 Å². The van der Waals surface area contributed by atoms with Gasteiger partial charge in [0.05, 0.1) is 26.4 Å². The fourth-order valence-corrected chi connectivity index (χ4v) is 13.4. The third-order valence-electron chi connectivity index (χ3n) is 18.3. The van der Waals surface area contributed by atoms with Crippen molar-refractivity contribution in [1.82, 2.24) is 0 Å². The summed E-state index contributed by atoms with van der Waals surface area (Å²) in [7, 11) is -9.91. The summed E-state index contributed by atoms with van der Waals surface area (Å²) >= 11 is 0. The van der Waals surface area contributed by atoms with Gasteiger partial charge in [0.1, 0.15) is 19.3 Å². The number of aliphatic hydroxyl groups excluding tert-OH is 1. The summed E-state index contributed by atoms with van der Waals surface area (Å²) in [6.45, 7) is 9.63. The number of esters is 4. The molecule has 6 atom stereocenters. The smallest absolute Gasteiger partial charge is 0.462 e. The van der Waals surface area contributed by atoms with Gasteiger partial charge in [0.2, 0.25) is 0 Å². The summed E-state index contributed by atoms with van der Waals surface area (Å²) in [5.41, 5.74) is 0. The number of aliphatic hydroxyl groups is 1. The number of carbonyl (C=O) groups is 4. The van der Waals surface area contributed by atoms with Crippen LogP contribution in [0.5, 0.6) is 0 Å². The van der Waals surface area contributed by atoms with Gasteiger partial charge in [0, 0.05) is 25.7 Å². The molecule has 570 valence electrons. The molecule has 0 amide bonds. The van der Waals surface area contributed by atoms with E-state index < -0.39 is 97.5 Å². The number of hydrogen-bond donors (Lipinski definition) is 3. The van der Waals surface area contributed by atoms with Gasteiger partial charge in [-0.2, -0.15) is 0 Å². The van der Waals surface area contributed by atoms with Crippen molar-refractivity contribution in [1.29, 1.82) is 0 Å². The Bertz CT molecular complexity index is 1860. The first-order valence-electron chi connectivity index (χ1n) is 40.0. The summed E-state index contributed by atoms with van der Waals surface area (Å²) in [4.78, 5) is 72.8. The lowest BCUT2D eigenvalue weighted by atomic mass is 9.99. The molecule has 0 aliphatic carbocycles. The molecule has 96 heavy (non-hydrogen) atoms. The number of unbranched alkanes of at least 4 members (excludes halogenated alkanes) is 45. The Labute approximate surface area is 588 Å². The topological polar surface area (TPSA) is 237 Å². The first-order valence-corrected chi connectivity index (χ1v) is 43.0. The molecule has 0 fully saturated rings. The molecule has 3 N–H and O–H groups in total. The molecule has 0 saturated carbocycles. The molecular weight excluding hydrogens is 1260 g/mol. The predicted molar refractivity (Wildman–Crippen MR) is 391 cm³/mol. The van der Waals surface area contributed by atoms with Crippen molar-refractivity contribution in [2.75, 3.05) is 39.6 Å². The molecule has 0 aromatic heterocycles. The van der Waals surface area contributed by atoms with Gasteiger partial charge in [-0.25, -0.2) is 9.13 Å². The molecule has 17 nitrogen and oxygen atoms in total. The van der Waals surface area contributed by atoms with E-state index >= 15 is 0 Å². The number of ether oxygens (including phenoxy) is 4. The molecule has 3 unspecified atom stereocenters. The zero-order chi connectivity index (χ0) is 70.7. The molecule has 0 bridgehead atoms. The van der Waals surface area contributed by atoms with Crippen LogP contribution in [0.4, 0.5) is 0 Å². The molecule has 0 spiro atoms. The first-order chi connectivity index (χ1) is 46.4. The van der Waals surface area contributed by atoms with Gasteiger partial charge in [-0.3, -0.25) is 37.3 Å². The molecular formula is C77H150O17P2. The lowest BCUT2D eigenvalue weighted by molar-refractivity contribution is -0.161. The maximum atomic E-state index is 13.1. The molecule has 0 radical (unpaired) electrons. The minimum Gasteiger partial charge on any atom is -0.462 e. The summed E-state index contributed by atoms with van der Waals surface area (Å²) < 4.78 is 68.5. The van der Waals surface area contributed by atoms with Crippen molar-refractivity contribution in [3.05, 3.63) is 0 Å². The maximum absolute atomic E-state index is 13.1. The summed E-state index contributed by atoms with van der Waals surface area (Å²) in [5, 5.41) is 10.6. The van der Waals surface area contributed by atoms with Gasteiger partial charge >= 0.3 is 39.5 Å². The quantitative estimate of drug-likeness (QED) is 0.0222. The fourth-order valence-electron chi connectivity index (χ4n) is 11.8. The molecule has 0 saturated heterocycles. The lowest BCUT2D eigenvalue weighted by Gasteiger charge is -2.21. The molecule has 19 heteroatoms. The van der Waals surface area contributed by atoms with Crippen LogP contribution in [-0.2, 0) is 65.4 Å². The Kier molecular flexibility index (Phi) is 67.4. The minimum absolute atomic E-state index is 0.106. The SMILES string of the molecule is CCCCCCCCCCCCCCCCCCC(=O)OC[C@H](COP(=O)(O)OC[C@@H](O)COP(=O)(O)OC[C@@H](COC(=O)CCCCCCCCCC)OC(=O)CCCCCCCCCCCCC(C)CC)OC(=O)CCCCCCCCCCCCCCCCCC(C)C. The van der Waals surface area contributed by atoms with E-state index in [2.05, 4.69) is 41.5 Å². The zero-order valence-electron chi connectivity index (χ0n) is 62.7. The molecule has 0 heterocycles. The number of carbonyl (C=O) groups excluding carboxylic acids is 4. The van der Waals surface area contributed by atoms with Crippen LogP contribution in [0.25, 0.3) is 0 Å². The highest BCUT2D eigenvalue weighted by Gasteiger charge is 2.30. The molecule has 0 rings (SSSR count). The largest absolute Gasteiger partial charge is 0.472 e. The third-order valence-corrected chi connectivity index (χ3v) is 20.2. The second kappa shape index (κ2) is 68.8.